The Hall–Kier alpha value is -6.39. The molecule has 0 radical (unpaired) electrons. The second-order valence-corrected chi connectivity index (χ2v) is 18.9. The molecule has 0 unspecified atom stereocenters. The van der Waals surface area contributed by atoms with Gasteiger partial charge in [0.2, 0.25) is 0 Å². The van der Waals surface area contributed by atoms with Crippen molar-refractivity contribution in [2.75, 3.05) is 0 Å². The Kier molecular flexibility index (Phi) is 7.91. The van der Waals surface area contributed by atoms with Crippen molar-refractivity contribution in [1.82, 2.24) is 19.1 Å². The molecule has 0 saturated heterocycles. The van der Waals surface area contributed by atoms with Crippen molar-refractivity contribution in [2.45, 2.75) is 78.1 Å². The normalized spacial score (nSPS) is 14.1. The summed E-state index contributed by atoms with van der Waals surface area (Å²) >= 11 is 0. The second kappa shape index (κ2) is 13.1. The van der Waals surface area contributed by atoms with Gasteiger partial charge in [0.05, 0.1) is 28.4 Å². The number of hydrogen-bond acceptors (Lipinski definition) is 1. The largest absolute Gasteiger partial charge is 0.348 e. The molecule has 0 atom stereocenters. The maximum atomic E-state index is 4.58. The van der Waals surface area contributed by atoms with E-state index in [1.54, 1.807) is 0 Å². The number of benzene rings is 5. The van der Waals surface area contributed by atoms with Crippen molar-refractivity contribution in [3.63, 3.8) is 0 Å². The fourth-order valence-corrected chi connectivity index (χ4v) is 9.91. The number of aromatic amines is 1. The van der Waals surface area contributed by atoms with Crippen LogP contribution in [0, 0.1) is 0 Å². The molecule has 2 aliphatic rings. The van der Waals surface area contributed by atoms with Crippen LogP contribution in [0.2, 0.25) is 0 Å². The van der Waals surface area contributed by atoms with E-state index < -0.39 is 0 Å². The first kappa shape index (κ1) is 35.7. The minimum atomic E-state index is 0.118. The second-order valence-electron chi connectivity index (χ2n) is 18.9. The molecule has 5 aromatic carbocycles. The molecule has 11 rings (SSSR count). The molecule has 9 aromatic rings. The number of aromatic nitrogens is 4. The standard InChI is InChI=1S/C55H50N4/c1-54(2,3)40-19-13-34(14-20-40)36-17-23-49-45(27-36)47-29-38-11-12-39-30-48-46-28-37(35-15-21-41(22-16-35)55(4,5)6)18-24-50(46)59(53-10-8-26-57-53)52(48)32-44(39)43(38)31-51(47)58(49)42-9-7-25-56-33-42/h7-10,13-17,19-23,25-33,57H,11-12,18,24H2,1-6H3. The molecule has 4 nitrogen and oxygen atoms in total. The topological polar surface area (TPSA) is 38.5 Å². The van der Waals surface area contributed by atoms with E-state index in [0.29, 0.717) is 0 Å². The van der Waals surface area contributed by atoms with Crippen LogP contribution < -0.4 is 0 Å². The van der Waals surface area contributed by atoms with Crippen LogP contribution >= 0.6 is 0 Å². The van der Waals surface area contributed by atoms with Crippen LogP contribution in [0.4, 0.5) is 0 Å². The number of fused-ring (bicyclic) bond motifs is 9. The first-order chi connectivity index (χ1) is 28.5. The maximum Gasteiger partial charge on any atom is 0.114 e. The summed E-state index contributed by atoms with van der Waals surface area (Å²) in [6, 6.07) is 43.9. The molecule has 4 heteroatoms. The van der Waals surface area contributed by atoms with Gasteiger partial charge in [-0.3, -0.25) is 9.55 Å². The number of allylic oxidation sites excluding steroid dienone is 1. The Morgan fingerprint density at radius 1 is 0.542 bits per heavy atom. The zero-order valence-electron chi connectivity index (χ0n) is 34.9. The molecule has 4 aromatic heterocycles. The number of aryl methyl sites for hydroxylation is 2. The Bertz CT molecular complexity index is 3120. The summed E-state index contributed by atoms with van der Waals surface area (Å²) < 4.78 is 4.91. The molecule has 0 fully saturated rings. The molecule has 0 saturated carbocycles. The third kappa shape index (κ3) is 5.83. The monoisotopic (exact) mass is 766 g/mol. The molecule has 0 spiro atoms. The molecule has 290 valence electrons. The fourth-order valence-electron chi connectivity index (χ4n) is 9.91. The Morgan fingerprint density at radius 3 is 1.80 bits per heavy atom. The number of nitrogens with zero attached hydrogens (tertiary/aromatic N) is 3. The first-order valence-electron chi connectivity index (χ1n) is 21.3. The van der Waals surface area contributed by atoms with Crippen molar-refractivity contribution in [2.24, 2.45) is 0 Å². The van der Waals surface area contributed by atoms with Crippen LogP contribution in [0.3, 0.4) is 0 Å². The summed E-state index contributed by atoms with van der Waals surface area (Å²) in [6.07, 6.45) is 12.4. The highest BCUT2D eigenvalue weighted by Crippen LogP contribution is 2.46. The summed E-state index contributed by atoms with van der Waals surface area (Å²) in [4.78, 5) is 8.15. The average molecular weight is 767 g/mol. The van der Waals surface area contributed by atoms with Crippen molar-refractivity contribution < 1.29 is 0 Å². The van der Waals surface area contributed by atoms with Gasteiger partial charge in [-0.05, 0) is 159 Å². The van der Waals surface area contributed by atoms with Crippen LogP contribution in [0.5, 0.6) is 0 Å². The van der Waals surface area contributed by atoms with Crippen LogP contribution in [-0.2, 0) is 30.1 Å². The molecule has 0 bridgehead atoms. The zero-order valence-corrected chi connectivity index (χ0v) is 34.9. The molecule has 4 heterocycles. The summed E-state index contributed by atoms with van der Waals surface area (Å²) in [7, 11) is 0. The first-order valence-corrected chi connectivity index (χ1v) is 21.3. The molecule has 1 N–H and O–H groups in total. The Labute approximate surface area is 346 Å². The lowest BCUT2D eigenvalue weighted by Gasteiger charge is -2.21. The van der Waals surface area contributed by atoms with E-state index in [1.807, 2.05) is 24.7 Å². The van der Waals surface area contributed by atoms with Crippen LogP contribution in [-0.4, -0.2) is 19.1 Å². The van der Waals surface area contributed by atoms with E-state index in [0.717, 1.165) is 37.2 Å². The lowest BCUT2D eigenvalue weighted by Crippen LogP contribution is -2.10. The predicted molar refractivity (Wildman–Crippen MR) is 248 cm³/mol. The molecular weight excluding hydrogens is 717 g/mol. The minimum Gasteiger partial charge on any atom is -0.348 e. The van der Waals surface area contributed by atoms with Crippen molar-refractivity contribution in [3.05, 3.63) is 173 Å². The van der Waals surface area contributed by atoms with E-state index in [2.05, 4.69) is 176 Å². The van der Waals surface area contributed by atoms with E-state index in [4.69, 9.17) is 0 Å². The highest BCUT2D eigenvalue weighted by Gasteiger charge is 2.27. The van der Waals surface area contributed by atoms with E-state index in [1.165, 1.54) is 99.6 Å². The molecule has 0 aliphatic heterocycles. The third-order valence-corrected chi connectivity index (χ3v) is 13.2. The lowest BCUT2D eigenvalue weighted by molar-refractivity contribution is 0.590. The van der Waals surface area contributed by atoms with Gasteiger partial charge in [0, 0.05) is 39.8 Å². The van der Waals surface area contributed by atoms with E-state index in [9.17, 15) is 0 Å². The SMILES string of the molecule is CC(C)(C)c1ccc(C2=Cc3c(n(-c4ccc[nH]4)c4cc5c(cc34)CCc3cc4c6cc(-c7ccc(C(C)(C)C)cc7)ccc6n(-c6cccnc6)c4cc3-5)CC2)cc1. The van der Waals surface area contributed by atoms with Crippen LogP contribution in [0.15, 0.2) is 134 Å². The van der Waals surface area contributed by atoms with Gasteiger partial charge in [0.1, 0.15) is 5.82 Å². The molecule has 59 heavy (non-hydrogen) atoms. The van der Waals surface area contributed by atoms with Gasteiger partial charge in [-0.1, -0.05) is 96.1 Å². The van der Waals surface area contributed by atoms with Gasteiger partial charge in [-0.15, -0.1) is 0 Å². The third-order valence-electron chi connectivity index (χ3n) is 13.2. The van der Waals surface area contributed by atoms with E-state index in [-0.39, 0.29) is 10.8 Å². The quantitative estimate of drug-likeness (QED) is 0.190. The van der Waals surface area contributed by atoms with Crippen molar-refractivity contribution in [3.8, 4) is 33.8 Å². The molecule has 2 aliphatic carbocycles. The van der Waals surface area contributed by atoms with Gasteiger partial charge < -0.3 is 9.55 Å². The van der Waals surface area contributed by atoms with Gasteiger partial charge in [-0.2, -0.15) is 0 Å². The molecular formula is C55H50N4. The minimum absolute atomic E-state index is 0.118. The van der Waals surface area contributed by atoms with E-state index >= 15 is 0 Å². The maximum absolute atomic E-state index is 4.58. The summed E-state index contributed by atoms with van der Waals surface area (Å²) in [5, 5.41) is 3.90. The van der Waals surface area contributed by atoms with Crippen LogP contribution in [0.1, 0.15) is 87.0 Å². The van der Waals surface area contributed by atoms with Gasteiger partial charge in [0.15, 0.2) is 0 Å². The van der Waals surface area contributed by atoms with Gasteiger partial charge in [-0.25, -0.2) is 0 Å². The zero-order chi connectivity index (χ0) is 40.2. The highest BCUT2D eigenvalue weighted by molar-refractivity contribution is 6.12. The van der Waals surface area contributed by atoms with Crippen molar-refractivity contribution >= 4 is 44.4 Å². The summed E-state index contributed by atoms with van der Waals surface area (Å²) in [6.45, 7) is 13.7. The van der Waals surface area contributed by atoms with Gasteiger partial charge in [0.25, 0.3) is 0 Å². The number of H-pyrrole nitrogens is 1. The number of nitrogens with one attached hydrogen (secondary N) is 1. The summed E-state index contributed by atoms with van der Waals surface area (Å²) in [5.74, 6) is 1.12. The Balaban J connectivity index is 1.09. The predicted octanol–water partition coefficient (Wildman–Crippen LogP) is 14.0. The number of rotatable bonds is 4. The van der Waals surface area contributed by atoms with Crippen LogP contribution in [0.25, 0.3) is 78.1 Å². The number of hydrogen-bond donors (Lipinski definition) is 1. The smallest absolute Gasteiger partial charge is 0.114 e. The molecule has 0 amide bonds. The van der Waals surface area contributed by atoms with Crippen molar-refractivity contribution in [1.29, 1.82) is 0 Å². The summed E-state index contributed by atoms with van der Waals surface area (Å²) in [5.41, 5.74) is 21.2. The highest BCUT2D eigenvalue weighted by atomic mass is 15.1. The average Bonchev–Trinajstić information content (AvgIpc) is 3.96. The Morgan fingerprint density at radius 2 is 1.17 bits per heavy atom. The lowest BCUT2D eigenvalue weighted by atomic mass is 9.83. The number of pyridine rings is 1. The van der Waals surface area contributed by atoms with Gasteiger partial charge >= 0.3 is 0 Å². The fraction of sp³-hybridized carbons (Fsp3) is 0.218.